The Kier molecular flexibility index (Phi) is 5.52. The second-order valence-corrected chi connectivity index (χ2v) is 7.69. The smallest absolute Gasteiger partial charge is 0.0847 e. The molecule has 18 heavy (non-hydrogen) atoms. The van der Waals surface area contributed by atoms with Gasteiger partial charge < -0.3 is 0 Å². The minimum atomic E-state index is 0.196. The largest absolute Gasteiger partial charge is 0.271 e. The van der Waals surface area contributed by atoms with Crippen LogP contribution in [0.25, 0.3) is 0 Å². The Labute approximate surface area is 119 Å². The van der Waals surface area contributed by atoms with Gasteiger partial charge in [-0.1, -0.05) is 32.4 Å². The Bertz CT molecular complexity index is 398. The molecule has 4 nitrogen and oxygen atoms in total. The molecule has 1 atom stereocenters. The number of nitrogens with one attached hydrogen (secondary N) is 1. The van der Waals surface area contributed by atoms with Crippen molar-refractivity contribution in [2.75, 3.05) is 5.75 Å². The van der Waals surface area contributed by atoms with Gasteiger partial charge in [-0.3, -0.25) is 16.0 Å². The van der Waals surface area contributed by atoms with Gasteiger partial charge >= 0.3 is 0 Å². The van der Waals surface area contributed by atoms with Crippen LogP contribution in [0, 0.1) is 6.92 Å². The van der Waals surface area contributed by atoms with Crippen LogP contribution in [-0.2, 0) is 13.5 Å². The lowest BCUT2D eigenvalue weighted by atomic mass is 10.2. The molecule has 0 saturated carbocycles. The number of nitrogens with two attached hydrogens (primary N) is 1. The molecule has 0 aliphatic heterocycles. The van der Waals surface area contributed by atoms with Crippen LogP contribution in [0.5, 0.6) is 0 Å². The van der Waals surface area contributed by atoms with E-state index in [1.54, 1.807) is 0 Å². The normalized spacial score (nSPS) is 13.9. The van der Waals surface area contributed by atoms with Gasteiger partial charge in [0.15, 0.2) is 0 Å². The summed E-state index contributed by atoms with van der Waals surface area (Å²) >= 11 is 8.14. The van der Waals surface area contributed by atoms with E-state index in [1.807, 2.05) is 30.4 Å². The zero-order valence-electron chi connectivity index (χ0n) is 11.7. The van der Waals surface area contributed by atoms with Crippen LogP contribution >= 0.6 is 23.4 Å². The van der Waals surface area contributed by atoms with E-state index in [4.69, 9.17) is 17.4 Å². The Morgan fingerprint density at radius 1 is 1.50 bits per heavy atom. The highest BCUT2D eigenvalue weighted by Gasteiger charge is 2.19. The highest BCUT2D eigenvalue weighted by molar-refractivity contribution is 8.00. The van der Waals surface area contributed by atoms with Crippen LogP contribution in [0.3, 0.4) is 0 Å². The van der Waals surface area contributed by atoms with Gasteiger partial charge in [-0.05, 0) is 6.92 Å². The minimum absolute atomic E-state index is 0.196. The molecule has 1 rings (SSSR count). The van der Waals surface area contributed by atoms with Gasteiger partial charge in [-0.15, -0.1) is 0 Å². The number of hydrogen-bond acceptors (Lipinski definition) is 4. The summed E-state index contributed by atoms with van der Waals surface area (Å²) in [7, 11) is 1.92. The Hall–Kier alpha value is -0.230. The molecule has 0 spiro atoms. The summed E-state index contributed by atoms with van der Waals surface area (Å²) in [6, 6.07) is 0.196. The number of hydrogen-bond donors (Lipinski definition) is 2. The lowest BCUT2D eigenvalue weighted by molar-refractivity contribution is 0.549. The minimum Gasteiger partial charge on any atom is -0.271 e. The molecule has 0 saturated heterocycles. The zero-order valence-corrected chi connectivity index (χ0v) is 13.3. The van der Waals surface area contributed by atoms with Crippen molar-refractivity contribution in [3.05, 3.63) is 16.4 Å². The van der Waals surface area contributed by atoms with Gasteiger partial charge in [0, 0.05) is 30.0 Å². The SMILES string of the molecule is Cc1nn(C)c(CC(CSC(C)(C)C)NN)c1Cl. The Morgan fingerprint density at radius 3 is 2.50 bits per heavy atom. The molecule has 0 aliphatic rings. The second-order valence-electron chi connectivity index (χ2n) is 5.46. The van der Waals surface area contributed by atoms with Crippen LogP contribution < -0.4 is 11.3 Å². The maximum Gasteiger partial charge on any atom is 0.0847 e. The molecule has 0 aromatic carbocycles. The predicted molar refractivity (Wildman–Crippen MR) is 80.0 cm³/mol. The molecule has 1 aromatic rings. The maximum absolute atomic E-state index is 6.25. The molecule has 0 fully saturated rings. The first-order valence-electron chi connectivity index (χ1n) is 6.02. The predicted octanol–water partition coefficient (Wildman–Crippen LogP) is 2.29. The van der Waals surface area contributed by atoms with Gasteiger partial charge in [-0.2, -0.15) is 16.9 Å². The fourth-order valence-electron chi connectivity index (χ4n) is 1.65. The van der Waals surface area contributed by atoms with Crippen molar-refractivity contribution in [2.24, 2.45) is 12.9 Å². The van der Waals surface area contributed by atoms with Gasteiger partial charge in [-0.25, -0.2) is 0 Å². The fourth-order valence-corrected chi connectivity index (χ4v) is 2.80. The number of hydrazine groups is 1. The van der Waals surface area contributed by atoms with Gasteiger partial charge in [0.1, 0.15) is 0 Å². The molecule has 0 aliphatic carbocycles. The van der Waals surface area contributed by atoms with Crippen LogP contribution in [-0.4, -0.2) is 26.3 Å². The van der Waals surface area contributed by atoms with Crippen LogP contribution in [0.2, 0.25) is 5.02 Å². The highest BCUT2D eigenvalue weighted by Crippen LogP contribution is 2.26. The molecule has 1 unspecified atom stereocenters. The number of halogens is 1. The molecule has 0 bridgehead atoms. The average Bonchev–Trinajstić information content (AvgIpc) is 2.48. The first kappa shape index (κ1) is 15.8. The number of thioether (sulfide) groups is 1. The van der Waals surface area contributed by atoms with Crippen molar-refractivity contribution >= 4 is 23.4 Å². The third kappa shape index (κ3) is 4.46. The lowest BCUT2D eigenvalue weighted by Gasteiger charge is -2.22. The quantitative estimate of drug-likeness (QED) is 0.645. The van der Waals surface area contributed by atoms with Crippen molar-refractivity contribution in [1.29, 1.82) is 0 Å². The number of nitrogens with zero attached hydrogens (tertiary/aromatic N) is 2. The summed E-state index contributed by atoms with van der Waals surface area (Å²) in [6.45, 7) is 8.52. The average molecular weight is 291 g/mol. The van der Waals surface area contributed by atoms with E-state index in [9.17, 15) is 0 Å². The monoisotopic (exact) mass is 290 g/mol. The molecular formula is C12H23ClN4S. The Balaban J connectivity index is 2.68. The number of rotatable bonds is 5. The number of aryl methyl sites for hydroxylation is 2. The third-order valence-electron chi connectivity index (χ3n) is 2.65. The Morgan fingerprint density at radius 2 is 2.11 bits per heavy atom. The van der Waals surface area contributed by atoms with Crippen molar-refractivity contribution in [3.8, 4) is 0 Å². The van der Waals surface area contributed by atoms with E-state index in [0.29, 0.717) is 0 Å². The van der Waals surface area contributed by atoms with Crippen molar-refractivity contribution in [2.45, 2.75) is 44.9 Å². The van der Waals surface area contributed by atoms with Crippen LogP contribution in [0.4, 0.5) is 0 Å². The maximum atomic E-state index is 6.25. The second kappa shape index (κ2) is 6.28. The summed E-state index contributed by atoms with van der Waals surface area (Å²) in [5, 5.41) is 5.06. The first-order chi connectivity index (χ1) is 8.24. The molecule has 1 aromatic heterocycles. The molecular weight excluding hydrogens is 268 g/mol. The van der Waals surface area contributed by atoms with E-state index in [2.05, 4.69) is 31.3 Å². The zero-order chi connectivity index (χ0) is 13.9. The van der Waals surface area contributed by atoms with Crippen LogP contribution in [0.1, 0.15) is 32.2 Å². The summed E-state index contributed by atoms with van der Waals surface area (Å²) in [4.78, 5) is 0. The van der Waals surface area contributed by atoms with Gasteiger partial charge in [0.25, 0.3) is 0 Å². The van der Waals surface area contributed by atoms with E-state index >= 15 is 0 Å². The van der Waals surface area contributed by atoms with Crippen molar-refractivity contribution in [3.63, 3.8) is 0 Å². The molecule has 0 radical (unpaired) electrons. The molecule has 1 heterocycles. The topological polar surface area (TPSA) is 55.9 Å². The van der Waals surface area contributed by atoms with Gasteiger partial charge in [0.2, 0.25) is 0 Å². The van der Waals surface area contributed by atoms with Crippen molar-refractivity contribution < 1.29 is 0 Å². The highest BCUT2D eigenvalue weighted by atomic mass is 35.5. The van der Waals surface area contributed by atoms with Crippen LogP contribution in [0.15, 0.2) is 0 Å². The molecule has 0 amide bonds. The standard InChI is InChI=1S/C12H23ClN4S/c1-8-11(13)10(17(5)16-8)6-9(15-14)7-18-12(2,3)4/h9,15H,6-7,14H2,1-5H3. The summed E-state index contributed by atoms with van der Waals surface area (Å²) in [6.07, 6.45) is 0.787. The van der Waals surface area contributed by atoms with E-state index in [1.165, 1.54) is 0 Å². The summed E-state index contributed by atoms with van der Waals surface area (Å²) in [5.41, 5.74) is 4.77. The molecule has 104 valence electrons. The third-order valence-corrected chi connectivity index (χ3v) is 4.58. The lowest BCUT2D eigenvalue weighted by Crippen LogP contribution is -2.40. The summed E-state index contributed by atoms with van der Waals surface area (Å²) in [5.74, 6) is 6.57. The molecule has 3 N–H and O–H groups in total. The van der Waals surface area contributed by atoms with Gasteiger partial charge in [0.05, 0.1) is 16.4 Å². The van der Waals surface area contributed by atoms with E-state index in [-0.39, 0.29) is 10.8 Å². The first-order valence-corrected chi connectivity index (χ1v) is 7.39. The number of aromatic nitrogens is 2. The summed E-state index contributed by atoms with van der Waals surface area (Å²) < 4.78 is 2.07. The van der Waals surface area contributed by atoms with E-state index < -0.39 is 0 Å². The molecule has 6 heteroatoms. The van der Waals surface area contributed by atoms with Crippen molar-refractivity contribution in [1.82, 2.24) is 15.2 Å². The fraction of sp³-hybridized carbons (Fsp3) is 0.750. The van der Waals surface area contributed by atoms with E-state index in [0.717, 1.165) is 28.6 Å².